The van der Waals surface area contributed by atoms with Crippen LogP contribution in [0.4, 0.5) is 0 Å². The minimum Gasteiger partial charge on any atom is -0.481 e. The minimum atomic E-state index is -0.630. The molecule has 0 radical (unpaired) electrons. The fourth-order valence-corrected chi connectivity index (χ4v) is 3.81. The molecule has 0 atom stereocenters. The number of carbonyl (C=O) groups excluding carboxylic acids is 1. The van der Waals surface area contributed by atoms with E-state index in [0.29, 0.717) is 22.5 Å². The lowest BCUT2D eigenvalue weighted by Crippen LogP contribution is -2.36. The summed E-state index contributed by atoms with van der Waals surface area (Å²) in [6.45, 7) is 16.7. The van der Waals surface area contributed by atoms with Gasteiger partial charge in [-0.15, -0.1) is 0 Å². The van der Waals surface area contributed by atoms with Crippen molar-refractivity contribution in [2.75, 3.05) is 13.2 Å². The number of carboxylic acid groups (broad SMARTS) is 1. The maximum Gasteiger partial charge on any atom is 0.306 e. The predicted octanol–water partition coefficient (Wildman–Crippen LogP) is 6.51. The van der Waals surface area contributed by atoms with Gasteiger partial charge in [0, 0.05) is 19.1 Å². The number of hydrogen-bond acceptors (Lipinski definition) is 3. The van der Waals surface area contributed by atoms with Crippen LogP contribution in [0.25, 0.3) is 0 Å². The molecule has 2 saturated carbocycles. The number of aliphatic carboxylic acids is 1. The molecule has 0 spiro atoms. The Labute approximate surface area is 173 Å². The second-order valence-corrected chi connectivity index (χ2v) is 10.2. The van der Waals surface area contributed by atoms with Crippen molar-refractivity contribution < 1.29 is 19.4 Å². The van der Waals surface area contributed by atoms with Gasteiger partial charge in [0.25, 0.3) is 0 Å². The molecule has 2 aliphatic rings. The maximum absolute atomic E-state index is 10.7. The topological polar surface area (TPSA) is 63.6 Å². The highest BCUT2D eigenvalue weighted by atomic mass is 16.5. The molecule has 28 heavy (non-hydrogen) atoms. The Balaban J connectivity index is 0.000000391. The Morgan fingerprint density at radius 2 is 1.25 bits per heavy atom. The summed E-state index contributed by atoms with van der Waals surface area (Å²) in [4.78, 5) is 21.0. The van der Waals surface area contributed by atoms with Crippen molar-refractivity contribution in [2.45, 2.75) is 106 Å². The van der Waals surface area contributed by atoms with Gasteiger partial charge in [0.05, 0.1) is 5.92 Å². The molecule has 0 heterocycles. The van der Waals surface area contributed by atoms with Crippen LogP contribution in [0.2, 0.25) is 0 Å². The average molecular weight is 399 g/mol. The normalized spacial score (nSPS) is 19.8. The van der Waals surface area contributed by atoms with Gasteiger partial charge >= 0.3 is 5.97 Å². The number of Topliss-reactive ketones (excluding diaryl/α,β-unsaturated/α-hetero) is 1. The lowest BCUT2D eigenvalue weighted by Gasteiger charge is -2.41. The average Bonchev–Trinajstić information content (AvgIpc) is 2.54. The lowest BCUT2D eigenvalue weighted by atomic mass is 9.63. The van der Waals surface area contributed by atoms with Crippen molar-refractivity contribution in [1.29, 1.82) is 0 Å². The standard InChI is InChI=1S/C9H20O.C8H14O.C7H12O2/c1-3-5-7-9-10-8-6-4-2;1-6(9)7-4-8(2,3)5-7;1-7(2)3-5(4-7)6(8)9/h3-9H2,1-2H3;7H,4-5H2,1-3H3;5H,3-4H2,1-2H3,(H,8,9). The number of hydrogen-bond donors (Lipinski definition) is 1. The molecule has 0 aromatic heterocycles. The molecule has 2 rings (SSSR count). The Kier molecular flexibility index (Phi) is 12.9. The molecule has 0 unspecified atom stereocenters. The van der Waals surface area contributed by atoms with Crippen molar-refractivity contribution >= 4 is 11.8 Å². The summed E-state index contributed by atoms with van der Waals surface area (Å²) in [7, 11) is 0. The van der Waals surface area contributed by atoms with Gasteiger partial charge < -0.3 is 9.84 Å². The van der Waals surface area contributed by atoms with Gasteiger partial charge in [-0.3, -0.25) is 9.59 Å². The molecule has 0 bridgehead atoms. The van der Waals surface area contributed by atoms with Crippen LogP contribution < -0.4 is 0 Å². The molecule has 2 aliphatic carbocycles. The van der Waals surface area contributed by atoms with Crippen molar-refractivity contribution in [3.63, 3.8) is 0 Å². The van der Waals surface area contributed by atoms with E-state index < -0.39 is 5.97 Å². The van der Waals surface area contributed by atoms with Gasteiger partial charge in [-0.05, 0) is 56.3 Å². The zero-order chi connectivity index (χ0) is 21.8. The van der Waals surface area contributed by atoms with E-state index in [4.69, 9.17) is 9.84 Å². The van der Waals surface area contributed by atoms with Crippen LogP contribution in [0.1, 0.15) is 106 Å². The monoisotopic (exact) mass is 398 g/mol. The van der Waals surface area contributed by atoms with Gasteiger partial charge in [0.15, 0.2) is 0 Å². The SMILES string of the molecule is CC(=O)C1CC(C)(C)C1.CC1(C)CC(C(=O)O)C1.CCCCCOCCCC. The van der Waals surface area contributed by atoms with Crippen LogP contribution in [-0.2, 0) is 14.3 Å². The molecule has 0 aromatic carbocycles. The van der Waals surface area contributed by atoms with Gasteiger partial charge in [-0.1, -0.05) is 60.8 Å². The van der Waals surface area contributed by atoms with Gasteiger partial charge in [0.2, 0.25) is 0 Å². The number of rotatable bonds is 9. The van der Waals surface area contributed by atoms with Crippen molar-refractivity contribution in [3.8, 4) is 0 Å². The summed E-state index contributed by atoms with van der Waals surface area (Å²) in [6.07, 6.45) is 10.2. The second kappa shape index (κ2) is 13.3. The van der Waals surface area contributed by atoms with Gasteiger partial charge in [-0.2, -0.15) is 0 Å². The first-order valence-corrected chi connectivity index (χ1v) is 11.2. The number of unbranched alkanes of at least 4 members (excludes halogenated alkanes) is 3. The van der Waals surface area contributed by atoms with E-state index in [1.165, 1.54) is 32.1 Å². The summed E-state index contributed by atoms with van der Waals surface area (Å²) < 4.78 is 5.38. The summed E-state index contributed by atoms with van der Waals surface area (Å²) in [5.74, 6) is 0.0728. The first-order valence-electron chi connectivity index (χ1n) is 11.2. The second-order valence-electron chi connectivity index (χ2n) is 10.2. The smallest absolute Gasteiger partial charge is 0.306 e. The molecule has 166 valence electrons. The first-order chi connectivity index (χ1) is 12.9. The van der Waals surface area contributed by atoms with E-state index in [2.05, 4.69) is 41.5 Å². The summed E-state index contributed by atoms with van der Waals surface area (Å²) in [5.41, 5.74) is 0.749. The number of carbonyl (C=O) groups is 2. The van der Waals surface area contributed by atoms with Crippen LogP contribution >= 0.6 is 0 Å². The van der Waals surface area contributed by atoms with Crippen LogP contribution in [0.3, 0.4) is 0 Å². The fraction of sp³-hybridized carbons (Fsp3) is 0.917. The molecule has 2 fully saturated rings. The van der Waals surface area contributed by atoms with Crippen molar-refractivity contribution in [2.24, 2.45) is 22.7 Å². The largest absolute Gasteiger partial charge is 0.481 e. The van der Waals surface area contributed by atoms with E-state index in [9.17, 15) is 9.59 Å². The summed E-state index contributed by atoms with van der Waals surface area (Å²) >= 11 is 0. The number of ketones is 1. The van der Waals surface area contributed by atoms with E-state index in [1.807, 2.05) is 0 Å². The zero-order valence-electron chi connectivity index (χ0n) is 19.6. The fourth-order valence-electron chi connectivity index (χ4n) is 3.81. The molecule has 0 aromatic rings. The highest BCUT2D eigenvalue weighted by molar-refractivity contribution is 5.79. The van der Waals surface area contributed by atoms with Crippen LogP contribution in [-0.4, -0.2) is 30.1 Å². The van der Waals surface area contributed by atoms with E-state index in [1.54, 1.807) is 6.92 Å². The third-order valence-corrected chi connectivity index (χ3v) is 5.65. The van der Waals surface area contributed by atoms with E-state index >= 15 is 0 Å². The number of ether oxygens (including phenoxy) is 1. The predicted molar refractivity (Wildman–Crippen MR) is 117 cm³/mol. The molecule has 1 N–H and O–H groups in total. The zero-order valence-corrected chi connectivity index (χ0v) is 19.6. The highest BCUT2D eigenvalue weighted by Crippen LogP contribution is 2.45. The minimum absolute atomic E-state index is 0.0556. The van der Waals surface area contributed by atoms with Gasteiger partial charge in [0.1, 0.15) is 5.78 Å². The van der Waals surface area contributed by atoms with E-state index in [-0.39, 0.29) is 5.92 Å². The van der Waals surface area contributed by atoms with Crippen LogP contribution in [0.15, 0.2) is 0 Å². The molecule has 4 nitrogen and oxygen atoms in total. The molecular formula is C24H46O4. The third kappa shape index (κ3) is 12.5. The Morgan fingerprint density at radius 1 is 0.821 bits per heavy atom. The van der Waals surface area contributed by atoms with Crippen LogP contribution in [0.5, 0.6) is 0 Å². The molecule has 0 saturated heterocycles. The summed E-state index contributed by atoms with van der Waals surface area (Å²) in [5, 5.41) is 8.47. The Hall–Kier alpha value is -0.900. The van der Waals surface area contributed by atoms with E-state index in [0.717, 1.165) is 38.9 Å². The highest BCUT2D eigenvalue weighted by Gasteiger charge is 2.40. The Morgan fingerprint density at radius 3 is 1.54 bits per heavy atom. The van der Waals surface area contributed by atoms with Gasteiger partial charge in [-0.25, -0.2) is 0 Å². The third-order valence-electron chi connectivity index (χ3n) is 5.65. The van der Waals surface area contributed by atoms with Crippen molar-refractivity contribution in [3.05, 3.63) is 0 Å². The lowest BCUT2D eigenvalue weighted by molar-refractivity contribution is -0.148. The molecule has 0 amide bonds. The Bertz CT molecular complexity index is 396. The summed E-state index contributed by atoms with van der Waals surface area (Å²) in [6, 6.07) is 0. The van der Waals surface area contributed by atoms with Crippen molar-refractivity contribution in [1.82, 2.24) is 0 Å². The maximum atomic E-state index is 10.7. The molecular weight excluding hydrogens is 352 g/mol. The quantitative estimate of drug-likeness (QED) is 0.449. The first kappa shape index (κ1) is 27.1. The molecule has 0 aliphatic heterocycles. The number of carboxylic acids is 1. The molecule has 4 heteroatoms. The van der Waals surface area contributed by atoms with Crippen LogP contribution in [0, 0.1) is 22.7 Å².